The van der Waals surface area contributed by atoms with Gasteiger partial charge in [-0.05, 0) is 18.9 Å². The molecule has 3 heterocycles. The lowest BCUT2D eigenvalue weighted by molar-refractivity contribution is 0.00160. The lowest BCUT2D eigenvalue weighted by Crippen LogP contribution is -2.50. The van der Waals surface area contributed by atoms with Crippen molar-refractivity contribution in [1.82, 2.24) is 14.8 Å². The molecule has 0 unspecified atom stereocenters. The molecule has 2 fully saturated rings. The number of rotatable bonds is 2. The summed E-state index contributed by atoms with van der Waals surface area (Å²) in [6, 6.07) is 7.83. The number of aromatic amines is 1. The number of benzene rings is 1. The molecule has 2 saturated heterocycles. The fraction of sp³-hybridized carbons (Fsp3) is 0.474. The van der Waals surface area contributed by atoms with Gasteiger partial charge in [-0.3, -0.25) is 14.5 Å². The summed E-state index contributed by atoms with van der Waals surface area (Å²) in [5.74, 6) is 0.00729. The van der Waals surface area contributed by atoms with Gasteiger partial charge in [0.25, 0.3) is 11.5 Å². The molecule has 0 saturated carbocycles. The fourth-order valence-electron chi connectivity index (χ4n) is 3.93. The molecule has 0 aliphatic carbocycles. The van der Waals surface area contributed by atoms with Gasteiger partial charge in [0.05, 0.1) is 18.8 Å². The number of amides is 1. The number of nitrogens with one attached hydrogen (secondary N) is 1. The zero-order valence-corrected chi connectivity index (χ0v) is 14.2. The Hall–Kier alpha value is -2.18. The Balaban J connectivity index is 1.49. The maximum atomic E-state index is 13.0. The van der Waals surface area contributed by atoms with Gasteiger partial charge in [-0.1, -0.05) is 18.2 Å². The van der Waals surface area contributed by atoms with Gasteiger partial charge < -0.3 is 14.6 Å². The number of ether oxygens (including phenoxy) is 1. The fourth-order valence-corrected chi connectivity index (χ4v) is 3.93. The van der Waals surface area contributed by atoms with Crippen LogP contribution in [0.25, 0.3) is 10.8 Å². The highest BCUT2D eigenvalue weighted by atomic mass is 16.5. The number of piperidine rings is 1. The minimum atomic E-state index is -0.154. The van der Waals surface area contributed by atoms with Gasteiger partial charge in [-0.2, -0.15) is 0 Å². The van der Waals surface area contributed by atoms with Crippen molar-refractivity contribution in [3.05, 3.63) is 46.4 Å². The minimum absolute atomic E-state index is 0.00729. The molecule has 1 amide bonds. The van der Waals surface area contributed by atoms with E-state index < -0.39 is 0 Å². The molecule has 1 aromatic heterocycles. The molecule has 2 aromatic rings. The summed E-state index contributed by atoms with van der Waals surface area (Å²) in [4.78, 5) is 32.0. The number of H-pyrrole nitrogens is 1. The number of nitrogens with zero attached hydrogens (tertiary/aromatic N) is 2. The van der Waals surface area contributed by atoms with Crippen LogP contribution in [0.3, 0.4) is 0 Å². The van der Waals surface area contributed by atoms with E-state index in [0.717, 1.165) is 57.6 Å². The molecule has 25 heavy (non-hydrogen) atoms. The molecule has 132 valence electrons. The Labute approximate surface area is 146 Å². The van der Waals surface area contributed by atoms with E-state index >= 15 is 0 Å². The zero-order chi connectivity index (χ0) is 17.2. The van der Waals surface area contributed by atoms with Crippen LogP contribution in [0.15, 0.2) is 35.3 Å². The number of pyridine rings is 1. The van der Waals surface area contributed by atoms with Crippen LogP contribution in [0.4, 0.5) is 0 Å². The first-order valence-corrected chi connectivity index (χ1v) is 8.95. The quantitative estimate of drug-likeness (QED) is 0.898. The lowest BCUT2D eigenvalue weighted by atomic mass is 10.0. The number of likely N-dealkylation sites (tertiary alicyclic amines) is 1. The smallest absolute Gasteiger partial charge is 0.255 e. The molecule has 2 aliphatic rings. The summed E-state index contributed by atoms with van der Waals surface area (Å²) in [5.41, 5.74) is 0.429. The Morgan fingerprint density at radius 3 is 2.44 bits per heavy atom. The van der Waals surface area contributed by atoms with E-state index in [-0.39, 0.29) is 11.5 Å². The number of aromatic nitrogens is 1. The van der Waals surface area contributed by atoms with Crippen LogP contribution < -0.4 is 5.56 Å². The van der Waals surface area contributed by atoms with Crippen molar-refractivity contribution in [2.45, 2.75) is 18.9 Å². The van der Waals surface area contributed by atoms with Gasteiger partial charge in [-0.25, -0.2) is 0 Å². The van der Waals surface area contributed by atoms with Gasteiger partial charge in [0.15, 0.2) is 0 Å². The molecule has 1 aromatic carbocycles. The van der Waals surface area contributed by atoms with Crippen molar-refractivity contribution in [3.8, 4) is 0 Å². The standard InChI is InChI=1S/C19H23N3O3/c23-18-16-4-2-1-3-15(16)17(13-20-18)19(24)22-7-5-14(6-8-22)21-9-11-25-12-10-21/h1-4,13-14H,5-12H2,(H,20,23). The van der Waals surface area contributed by atoms with Crippen LogP contribution in [0, 0.1) is 0 Å². The molecule has 0 spiro atoms. The molecule has 4 rings (SSSR count). The van der Waals surface area contributed by atoms with Crippen molar-refractivity contribution in [2.75, 3.05) is 39.4 Å². The van der Waals surface area contributed by atoms with Crippen molar-refractivity contribution < 1.29 is 9.53 Å². The Kier molecular flexibility index (Phi) is 4.55. The Bertz CT molecular complexity index is 818. The molecule has 2 aliphatic heterocycles. The summed E-state index contributed by atoms with van der Waals surface area (Å²) < 4.78 is 5.42. The largest absolute Gasteiger partial charge is 0.379 e. The normalized spacial score (nSPS) is 20.1. The lowest BCUT2D eigenvalue weighted by Gasteiger charge is -2.40. The first-order valence-electron chi connectivity index (χ1n) is 8.95. The maximum absolute atomic E-state index is 13.0. The molecule has 0 atom stereocenters. The third kappa shape index (κ3) is 3.19. The van der Waals surface area contributed by atoms with E-state index in [1.807, 2.05) is 23.1 Å². The van der Waals surface area contributed by atoms with Crippen LogP contribution in [0.2, 0.25) is 0 Å². The van der Waals surface area contributed by atoms with E-state index in [0.29, 0.717) is 17.0 Å². The van der Waals surface area contributed by atoms with Gasteiger partial charge >= 0.3 is 0 Å². The van der Waals surface area contributed by atoms with Crippen LogP contribution in [-0.4, -0.2) is 66.1 Å². The highest BCUT2D eigenvalue weighted by Gasteiger charge is 2.28. The SMILES string of the molecule is O=C(c1c[nH]c(=O)c2ccccc12)N1CCC(N2CCOCC2)CC1. The third-order valence-corrected chi connectivity index (χ3v) is 5.35. The summed E-state index contributed by atoms with van der Waals surface area (Å²) >= 11 is 0. The summed E-state index contributed by atoms with van der Waals surface area (Å²) in [7, 11) is 0. The zero-order valence-electron chi connectivity index (χ0n) is 14.2. The van der Waals surface area contributed by atoms with E-state index in [4.69, 9.17) is 4.74 Å². The molecule has 6 heteroatoms. The second kappa shape index (κ2) is 6.98. The number of carbonyl (C=O) groups excluding carboxylic acids is 1. The van der Waals surface area contributed by atoms with Gasteiger partial charge in [-0.15, -0.1) is 0 Å². The Morgan fingerprint density at radius 2 is 1.72 bits per heavy atom. The highest BCUT2D eigenvalue weighted by Crippen LogP contribution is 2.21. The van der Waals surface area contributed by atoms with Gasteiger partial charge in [0.2, 0.25) is 0 Å². The first-order chi connectivity index (χ1) is 12.2. The van der Waals surface area contributed by atoms with Crippen LogP contribution in [-0.2, 0) is 4.74 Å². The number of hydrogen-bond acceptors (Lipinski definition) is 4. The average Bonchev–Trinajstić information content (AvgIpc) is 2.69. The van der Waals surface area contributed by atoms with E-state index in [9.17, 15) is 9.59 Å². The van der Waals surface area contributed by atoms with E-state index in [2.05, 4.69) is 9.88 Å². The third-order valence-electron chi connectivity index (χ3n) is 5.35. The summed E-state index contributed by atoms with van der Waals surface area (Å²) in [5, 5.41) is 1.29. The van der Waals surface area contributed by atoms with Crippen LogP contribution in [0.1, 0.15) is 23.2 Å². The molecule has 0 radical (unpaired) electrons. The number of carbonyl (C=O) groups is 1. The average molecular weight is 341 g/mol. The minimum Gasteiger partial charge on any atom is -0.379 e. The number of fused-ring (bicyclic) bond motifs is 1. The monoisotopic (exact) mass is 341 g/mol. The van der Waals surface area contributed by atoms with Crippen molar-refractivity contribution in [3.63, 3.8) is 0 Å². The number of morpholine rings is 1. The maximum Gasteiger partial charge on any atom is 0.255 e. The second-order valence-electron chi connectivity index (χ2n) is 6.75. The van der Waals surface area contributed by atoms with Gasteiger partial charge in [0, 0.05) is 49.2 Å². The predicted molar refractivity (Wildman–Crippen MR) is 95.9 cm³/mol. The molecule has 0 bridgehead atoms. The van der Waals surface area contributed by atoms with Crippen molar-refractivity contribution in [1.29, 1.82) is 0 Å². The van der Waals surface area contributed by atoms with Crippen LogP contribution in [0.5, 0.6) is 0 Å². The Morgan fingerprint density at radius 1 is 1.04 bits per heavy atom. The molecular formula is C19H23N3O3. The van der Waals surface area contributed by atoms with E-state index in [1.165, 1.54) is 0 Å². The topological polar surface area (TPSA) is 65.6 Å². The molecule has 6 nitrogen and oxygen atoms in total. The highest BCUT2D eigenvalue weighted by molar-refractivity contribution is 6.06. The second-order valence-corrected chi connectivity index (χ2v) is 6.75. The van der Waals surface area contributed by atoms with Crippen molar-refractivity contribution in [2.24, 2.45) is 0 Å². The molecular weight excluding hydrogens is 318 g/mol. The first kappa shape index (κ1) is 16.3. The van der Waals surface area contributed by atoms with Gasteiger partial charge in [0.1, 0.15) is 0 Å². The van der Waals surface area contributed by atoms with E-state index in [1.54, 1.807) is 12.3 Å². The number of hydrogen-bond donors (Lipinski definition) is 1. The summed E-state index contributed by atoms with van der Waals surface area (Å²) in [6.45, 7) is 5.11. The van der Waals surface area contributed by atoms with Crippen LogP contribution >= 0.6 is 0 Å². The summed E-state index contributed by atoms with van der Waals surface area (Å²) in [6.07, 6.45) is 3.54. The predicted octanol–water partition coefficient (Wildman–Crippen LogP) is 1.46. The van der Waals surface area contributed by atoms with Crippen molar-refractivity contribution >= 4 is 16.7 Å². The molecule has 1 N–H and O–H groups in total.